The molecule has 2 rings (SSSR count). The molecule has 0 aliphatic rings. The van der Waals surface area contributed by atoms with E-state index in [0.29, 0.717) is 11.4 Å². The summed E-state index contributed by atoms with van der Waals surface area (Å²) in [6.07, 6.45) is -2.77. The Bertz CT molecular complexity index is 568. The molecule has 0 atom stereocenters. The van der Waals surface area contributed by atoms with Crippen LogP contribution in [0.15, 0.2) is 34.7 Å². The zero-order chi connectivity index (χ0) is 14.8. The Hall–Kier alpha value is -1.25. The maximum Gasteiger partial charge on any atom is 0.417 e. The number of alkyl halides is 3. The number of anilines is 1. The van der Waals surface area contributed by atoms with E-state index in [-0.39, 0.29) is 4.90 Å². The lowest BCUT2D eigenvalue weighted by Gasteiger charge is -2.20. The van der Waals surface area contributed by atoms with Crippen LogP contribution in [0.4, 0.5) is 18.9 Å². The number of hydrazine groups is 1. The van der Waals surface area contributed by atoms with Crippen LogP contribution in [0.2, 0.25) is 0 Å². The van der Waals surface area contributed by atoms with E-state index in [4.69, 9.17) is 5.84 Å². The molecule has 1 aromatic heterocycles. The van der Waals surface area contributed by atoms with Crippen LogP contribution in [0.25, 0.3) is 0 Å². The average Bonchev–Trinajstić information content (AvgIpc) is 2.87. The van der Waals surface area contributed by atoms with Gasteiger partial charge in [0.15, 0.2) is 0 Å². The molecule has 1 heterocycles. The number of halogens is 3. The van der Waals surface area contributed by atoms with Crippen molar-refractivity contribution in [2.45, 2.75) is 16.8 Å². The van der Waals surface area contributed by atoms with E-state index in [0.717, 1.165) is 22.8 Å². The second kappa shape index (κ2) is 6.02. The standard InChI is InChI=1S/C12H12F3N3S2/c1-18(16)9-4-2-3-8(12(13,14)15)11(9)20-7-10-17-5-6-19-10/h2-6H,7,16H2,1H3. The predicted molar refractivity (Wildman–Crippen MR) is 75.7 cm³/mol. The van der Waals surface area contributed by atoms with Crippen molar-refractivity contribution in [1.29, 1.82) is 0 Å². The Labute approximate surface area is 122 Å². The van der Waals surface area contributed by atoms with Crippen molar-refractivity contribution in [3.8, 4) is 0 Å². The van der Waals surface area contributed by atoms with Gasteiger partial charge < -0.3 is 5.01 Å². The van der Waals surface area contributed by atoms with Gasteiger partial charge in [0.1, 0.15) is 5.01 Å². The minimum absolute atomic E-state index is 0.125. The molecule has 2 N–H and O–H groups in total. The van der Waals surface area contributed by atoms with Gasteiger partial charge in [-0.2, -0.15) is 13.2 Å². The Kier molecular flexibility index (Phi) is 4.56. The van der Waals surface area contributed by atoms with E-state index in [2.05, 4.69) is 4.98 Å². The highest BCUT2D eigenvalue weighted by Crippen LogP contribution is 2.42. The fourth-order valence-electron chi connectivity index (χ4n) is 1.64. The lowest BCUT2D eigenvalue weighted by Crippen LogP contribution is -2.26. The van der Waals surface area contributed by atoms with E-state index < -0.39 is 11.7 Å². The van der Waals surface area contributed by atoms with Gasteiger partial charge in [-0.05, 0) is 12.1 Å². The van der Waals surface area contributed by atoms with Gasteiger partial charge >= 0.3 is 6.18 Å². The maximum absolute atomic E-state index is 13.1. The predicted octanol–water partition coefficient (Wildman–Crippen LogP) is 3.76. The molecule has 2 aromatic rings. The van der Waals surface area contributed by atoms with Gasteiger partial charge in [-0.15, -0.1) is 23.1 Å². The van der Waals surface area contributed by atoms with Crippen molar-refractivity contribution in [3.05, 3.63) is 40.3 Å². The van der Waals surface area contributed by atoms with Gasteiger partial charge in [-0.3, -0.25) is 0 Å². The minimum atomic E-state index is -4.41. The van der Waals surface area contributed by atoms with Gasteiger partial charge in [0.2, 0.25) is 0 Å². The topological polar surface area (TPSA) is 42.1 Å². The van der Waals surface area contributed by atoms with Crippen LogP contribution >= 0.6 is 23.1 Å². The first-order valence-corrected chi connectivity index (χ1v) is 7.46. The summed E-state index contributed by atoms with van der Waals surface area (Å²) in [6, 6.07) is 3.99. The number of thioether (sulfide) groups is 1. The van der Waals surface area contributed by atoms with E-state index >= 15 is 0 Å². The molecular weight excluding hydrogens is 307 g/mol. The number of nitrogens with zero attached hydrogens (tertiary/aromatic N) is 2. The van der Waals surface area contributed by atoms with Crippen LogP contribution in [0.3, 0.4) is 0 Å². The first-order chi connectivity index (χ1) is 9.39. The number of hydrogen-bond acceptors (Lipinski definition) is 5. The van der Waals surface area contributed by atoms with Gasteiger partial charge in [-0.1, -0.05) is 6.07 Å². The molecule has 8 heteroatoms. The number of aromatic nitrogens is 1. The van der Waals surface area contributed by atoms with Crippen molar-refractivity contribution < 1.29 is 13.2 Å². The van der Waals surface area contributed by atoms with Crippen molar-refractivity contribution in [3.63, 3.8) is 0 Å². The van der Waals surface area contributed by atoms with Gasteiger partial charge in [-0.25, -0.2) is 10.8 Å². The molecule has 0 radical (unpaired) electrons. The lowest BCUT2D eigenvalue weighted by molar-refractivity contribution is -0.139. The Balaban J connectivity index is 2.36. The monoisotopic (exact) mass is 319 g/mol. The highest BCUT2D eigenvalue weighted by atomic mass is 32.2. The van der Waals surface area contributed by atoms with E-state index in [1.54, 1.807) is 17.6 Å². The third kappa shape index (κ3) is 3.44. The molecule has 108 valence electrons. The molecule has 1 aromatic carbocycles. The lowest BCUT2D eigenvalue weighted by atomic mass is 10.2. The van der Waals surface area contributed by atoms with E-state index in [1.165, 1.54) is 29.5 Å². The molecule has 0 saturated carbocycles. The smallest absolute Gasteiger partial charge is 0.313 e. The summed E-state index contributed by atoms with van der Waals surface area (Å²) in [5.41, 5.74) is -0.324. The quantitative estimate of drug-likeness (QED) is 0.529. The highest BCUT2D eigenvalue weighted by molar-refractivity contribution is 7.98. The van der Waals surface area contributed by atoms with Gasteiger partial charge in [0.05, 0.1) is 17.0 Å². The van der Waals surface area contributed by atoms with Gasteiger partial charge in [0.25, 0.3) is 0 Å². The third-order valence-electron chi connectivity index (χ3n) is 2.50. The number of benzene rings is 1. The molecule has 0 aliphatic heterocycles. The Morgan fingerprint density at radius 1 is 1.40 bits per heavy atom. The summed E-state index contributed by atoms with van der Waals surface area (Å²) in [4.78, 5) is 4.19. The number of hydrogen-bond donors (Lipinski definition) is 1. The SMILES string of the molecule is CN(N)c1cccc(C(F)(F)F)c1SCc1nccs1. The molecular formula is C12H12F3N3S2. The first-order valence-electron chi connectivity index (χ1n) is 5.59. The zero-order valence-corrected chi connectivity index (χ0v) is 12.1. The zero-order valence-electron chi connectivity index (χ0n) is 10.5. The van der Waals surface area contributed by atoms with Crippen LogP contribution in [-0.2, 0) is 11.9 Å². The summed E-state index contributed by atoms with van der Waals surface area (Å²) in [5.74, 6) is 6.00. The second-order valence-electron chi connectivity index (χ2n) is 3.98. The first kappa shape index (κ1) is 15.1. The van der Waals surface area contributed by atoms with Crippen molar-refractivity contribution in [2.24, 2.45) is 5.84 Å². The van der Waals surface area contributed by atoms with E-state index in [1.807, 2.05) is 0 Å². The molecule has 0 aliphatic carbocycles. The fraction of sp³-hybridized carbons (Fsp3) is 0.250. The van der Waals surface area contributed by atoms with Crippen LogP contribution < -0.4 is 10.9 Å². The molecule has 0 unspecified atom stereocenters. The summed E-state index contributed by atoms with van der Waals surface area (Å²) in [5, 5.41) is 3.76. The molecule has 0 saturated heterocycles. The minimum Gasteiger partial charge on any atom is -0.313 e. The number of nitrogens with two attached hydrogens (primary N) is 1. The molecule has 0 amide bonds. The Morgan fingerprint density at radius 2 is 2.15 bits per heavy atom. The molecule has 0 fully saturated rings. The Morgan fingerprint density at radius 3 is 2.70 bits per heavy atom. The van der Waals surface area contributed by atoms with Crippen molar-refractivity contribution in [1.82, 2.24) is 4.98 Å². The molecule has 3 nitrogen and oxygen atoms in total. The summed E-state index contributed by atoms with van der Waals surface area (Å²) in [6.45, 7) is 0. The average molecular weight is 319 g/mol. The number of rotatable bonds is 4. The summed E-state index contributed by atoms with van der Waals surface area (Å²) < 4.78 is 39.2. The fourth-order valence-corrected chi connectivity index (χ4v) is 3.53. The normalized spacial score (nSPS) is 11.7. The third-order valence-corrected chi connectivity index (χ3v) is 4.60. The van der Waals surface area contributed by atoms with E-state index in [9.17, 15) is 13.2 Å². The summed E-state index contributed by atoms with van der Waals surface area (Å²) in [7, 11) is 1.52. The second-order valence-corrected chi connectivity index (χ2v) is 5.94. The molecule has 0 bridgehead atoms. The van der Waals surface area contributed by atoms with Crippen LogP contribution in [0, 0.1) is 0 Å². The van der Waals surface area contributed by atoms with Crippen LogP contribution in [0.5, 0.6) is 0 Å². The number of thiazole rings is 1. The van der Waals surface area contributed by atoms with Gasteiger partial charge in [0, 0.05) is 23.5 Å². The molecule has 20 heavy (non-hydrogen) atoms. The maximum atomic E-state index is 13.1. The summed E-state index contributed by atoms with van der Waals surface area (Å²) >= 11 is 2.50. The largest absolute Gasteiger partial charge is 0.417 e. The highest BCUT2D eigenvalue weighted by Gasteiger charge is 2.34. The van der Waals surface area contributed by atoms with Crippen molar-refractivity contribution >= 4 is 28.8 Å². The van der Waals surface area contributed by atoms with Crippen molar-refractivity contribution in [2.75, 3.05) is 12.1 Å². The van der Waals surface area contributed by atoms with Crippen LogP contribution in [-0.4, -0.2) is 12.0 Å². The van der Waals surface area contributed by atoms with Crippen LogP contribution in [0.1, 0.15) is 10.6 Å². The molecule has 0 spiro atoms.